The van der Waals surface area contributed by atoms with Crippen LogP contribution in [0, 0.1) is 0 Å². The van der Waals surface area contributed by atoms with E-state index in [4.69, 9.17) is 28.7 Å². The van der Waals surface area contributed by atoms with Crippen LogP contribution in [-0.4, -0.2) is 45.6 Å². The number of carbonyl (C=O) groups is 1. The molecule has 9 nitrogen and oxygen atoms in total. The number of fused-ring (bicyclic) bond motifs is 1. The Morgan fingerprint density at radius 1 is 1.02 bits per heavy atom. The van der Waals surface area contributed by atoms with Crippen molar-refractivity contribution in [3.63, 3.8) is 0 Å². The van der Waals surface area contributed by atoms with E-state index >= 15 is 0 Å². The molecular weight excluding hydrogens is 600 g/mol. The number of rotatable bonds is 10. The maximum atomic E-state index is 14.1. The molecule has 1 aliphatic heterocycles. The lowest BCUT2D eigenvalue weighted by molar-refractivity contribution is -0.139. The van der Waals surface area contributed by atoms with E-state index in [2.05, 4.69) is 15.9 Å². The molecule has 0 saturated heterocycles. The summed E-state index contributed by atoms with van der Waals surface area (Å²) in [6.45, 7) is 3.95. The summed E-state index contributed by atoms with van der Waals surface area (Å²) in [5.74, 6) is 1.36. The van der Waals surface area contributed by atoms with E-state index in [9.17, 15) is 9.59 Å². The van der Waals surface area contributed by atoms with E-state index in [0.29, 0.717) is 61.1 Å². The molecule has 0 fully saturated rings. The quantitative estimate of drug-likeness (QED) is 0.307. The van der Waals surface area contributed by atoms with Gasteiger partial charge in [-0.2, -0.15) is 0 Å². The van der Waals surface area contributed by atoms with Crippen LogP contribution in [0.3, 0.4) is 0 Å². The third-order valence-electron chi connectivity index (χ3n) is 6.40. The third kappa shape index (κ3) is 5.40. The fourth-order valence-corrected chi connectivity index (χ4v) is 6.10. The number of esters is 1. The smallest absolute Gasteiger partial charge is 0.338 e. The number of benzene rings is 2. The molecule has 1 aliphatic rings. The van der Waals surface area contributed by atoms with E-state index in [-0.39, 0.29) is 12.2 Å². The Morgan fingerprint density at radius 3 is 2.35 bits per heavy atom. The van der Waals surface area contributed by atoms with Crippen LogP contribution in [0.15, 0.2) is 55.9 Å². The minimum Gasteiger partial charge on any atom is -0.496 e. The van der Waals surface area contributed by atoms with Crippen LogP contribution in [-0.2, 0) is 9.53 Å². The van der Waals surface area contributed by atoms with E-state index in [0.717, 1.165) is 10.9 Å². The third-order valence-corrected chi connectivity index (χ3v) is 7.88. The van der Waals surface area contributed by atoms with Crippen LogP contribution >= 0.6 is 27.3 Å². The molecule has 2 aromatic carbocycles. The van der Waals surface area contributed by atoms with Crippen molar-refractivity contribution < 1.29 is 28.5 Å². The molecule has 0 N–H and O–H groups in total. The Bertz CT molecular complexity index is 1640. The predicted molar refractivity (Wildman–Crippen MR) is 156 cm³/mol. The number of halogens is 1. The summed E-state index contributed by atoms with van der Waals surface area (Å²) in [7, 11) is 6.15. The summed E-state index contributed by atoms with van der Waals surface area (Å²) in [6, 6.07) is 8.23. The van der Waals surface area contributed by atoms with Crippen LogP contribution in [0.1, 0.15) is 43.9 Å². The van der Waals surface area contributed by atoms with Crippen molar-refractivity contribution in [3.8, 4) is 23.0 Å². The molecule has 2 heterocycles. The Kier molecular flexibility index (Phi) is 9.36. The summed E-state index contributed by atoms with van der Waals surface area (Å²) in [6.07, 6.45) is 3.02. The SMILES string of the molecule is CCCC1=C(C(=O)OCC)[C@@H](c2cc(Br)ccc2OC)n2c(s/c(=C/c3ccc(OC)c(OC)c3OC)c2=O)=N1. The van der Waals surface area contributed by atoms with Crippen LogP contribution in [0.5, 0.6) is 23.0 Å². The van der Waals surface area contributed by atoms with Crippen LogP contribution in [0.25, 0.3) is 6.08 Å². The van der Waals surface area contributed by atoms with Crippen LogP contribution in [0.4, 0.5) is 0 Å². The fraction of sp³-hybridized carbons (Fsp3) is 0.345. The number of hydrogen-bond acceptors (Lipinski definition) is 9. The second-order valence-electron chi connectivity index (χ2n) is 8.72. The lowest BCUT2D eigenvalue weighted by Gasteiger charge is -2.27. The van der Waals surface area contributed by atoms with E-state index in [1.807, 2.05) is 19.1 Å². The molecule has 1 aromatic heterocycles. The van der Waals surface area contributed by atoms with Crippen molar-refractivity contribution >= 4 is 39.3 Å². The molecule has 0 aliphatic carbocycles. The van der Waals surface area contributed by atoms with Crippen LogP contribution < -0.4 is 33.8 Å². The highest BCUT2D eigenvalue weighted by molar-refractivity contribution is 9.10. The first-order valence-electron chi connectivity index (χ1n) is 12.7. The lowest BCUT2D eigenvalue weighted by Crippen LogP contribution is -2.40. The molecular formula is C29H31BrN2O7S. The molecule has 11 heteroatoms. The van der Waals surface area contributed by atoms with Gasteiger partial charge in [-0.3, -0.25) is 9.36 Å². The van der Waals surface area contributed by atoms with Gasteiger partial charge in [-0.05, 0) is 49.8 Å². The zero-order chi connectivity index (χ0) is 29.0. The van der Waals surface area contributed by atoms with Crippen molar-refractivity contribution in [2.75, 3.05) is 35.0 Å². The standard InChI is InChI=1S/C29H31BrN2O7S/c1-7-9-19-23(28(34)39-8-2)24(18-15-17(30)11-13-20(18)35-3)32-27(33)22(40-29(32)31-19)14-16-10-12-21(36-4)26(38-6)25(16)37-5/h10-15,24H,7-9H2,1-6H3/b22-14+/t24-/m1/s1. The molecule has 3 aromatic rings. The molecule has 212 valence electrons. The predicted octanol–water partition coefficient (Wildman–Crippen LogP) is 4.38. The minimum absolute atomic E-state index is 0.188. The summed E-state index contributed by atoms with van der Waals surface area (Å²) >= 11 is 4.77. The first-order valence-corrected chi connectivity index (χ1v) is 14.3. The fourth-order valence-electron chi connectivity index (χ4n) is 4.71. The Balaban J connectivity index is 2.06. The van der Waals surface area contributed by atoms with Crippen molar-refractivity contribution in [2.24, 2.45) is 4.99 Å². The Labute approximate surface area is 244 Å². The molecule has 0 bridgehead atoms. The number of thiazole rings is 1. The van der Waals surface area contributed by atoms with Gasteiger partial charge in [-0.1, -0.05) is 40.6 Å². The Hall–Kier alpha value is -3.57. The van der Waals surface area contributed by atoms with Gasteiger partial charge in [0.1, 0.15) is 11.8 Å². The van der Waals surface area contributed by atoms with E-state index in [1.54, 1.807) is 50.0 Å². The molecule has 1 atom stereocenters. The molecule has 4 rings (SSSR count). The number of hydrogen-bond donors (Lipinski definition) is 0. The van der Waals surface area contributed by atoms with Gasteiger partial charge in [0.2, 0.25) is 5.75 Å². The molecule has 0 radical (unpaired) electrons. The maximum Gasteiger partial charge on any atom is 0.338 e. The molecule has 40 heavy (non-hydrogen) atoms. The van der Waals surface area contributed by atoms with Gasteiger partial charge >= 0.3 is 5.97 Å². The summed E-state index contributed by atoms with van der Waals surface area (Å²) in [5, 5.41) is 0. The number of nitrogens with zero attached hydrogens (tertiary/aromatic N) is 2. The van der Waals surface area contributed by atoms with E-state index < -0.39 is 12.0 Å². The summed E-state index contributed by atoms with van der Waals surface area (Å²) in [5.41, 5.74) is 1.86. The van der Waals surface area contributed by atoms with Gasteiger partial charge in [-0.25, -0.2) is 9.79 Å². The van der Waals surface area contributed by atoms with Gasteiger partial charge < -0.3 is 23.7 Å². The van der Waals surface area contributed by atoms with Gasteiger partial charge in [0.25, 0.3) is 5.56 Å². The highest BCUT2D eigenvalue weighted by Gasteiger charge is 2.36. The molecule has 0 spiro atoms. The van der Waals surface area contributed by atoms with Gasteiger partial charge in [-0.15, -0.1) is 0 Å². The number of carbonyl (C=O) groups excluding carboxylic acids is 1. The topological polar surface area (TPSA) is 97.6 Å². The average molecular weight is 632 g/mol. The average Bonchev–Trinajstić information content (AvgIpc) is 3.26. The normalized spacial score (nSPS) is 14.9. The molecule has 0 saturated carbocycles. The summed E-state index contributed by atoms with van der Waals surface area (Å²) in [4.78, 5) is 32.8. The minimum atomic E-state index is -0.807. The first kappa shape index (κ1) is 29.4. The van der Waals surface area contributed by atoms with Crippen molar-refractivity contribution in [1.82, 2.24) is 4.57 Å². The highest BCUT2D eigenvalue weighted by Crippen LogP contribution is 2.40. The second-order valence-corrected chi connectivity index (χ2v) is 10.6. The zero-order valence-corrected chi connectivity index (χ0v) is 25.6. The van der Waals surface area contributed by atoms with Crippen molar-refractivity contribution in [2.45, 2.75) is 32.7 Å². The second kappa shape index (κ2) is 12.7. The van der Waals surface area contributed by atoms with Crippen LogP contribution in [0.2, 0.25) is 0 Å². The number of allylic oxidation sites excluding steroid dienone is 1. The van der Waals surface area contributed by atoms with Gasteiger partial charge in [0.15, 0.2) is 16.3 Å². The largest absolute Gasteiger partial charge is 0.496 e. The van der Waals surface area contributed by atoms with Crippen molar-refractivity contribution in [1.29, 1.82) is 0 Å². The number of methoxy groups -OCH3 is 4. The molecule has 0 amide bonds. The monoisotopic (exact) mass is 630 g/mol. The van der Waals surface area contributed by atoms with Gasteiger partial charge in [0.05, 0.1) is 50.8 Å². The molecule has 0 unspecified atom stereocenters. The van der Waals surface area contributed by atoms with E-state index in [1.165, 1.54) is 25.6 Å². The lowest BCUT2D eigenvalue weighted by atomic mass is 9.93. The van der Waals surface area contributed by atoms with Crippen molar-refractivity contribution in [3.05, 3.63) is 76.9 Å². The Morgan fingerprint density at radius 2 is 1.73 bits per heavy atom. The number of ether oxygens (including phenoxy) is 5. The first-order chi connectivity index (χ1) is 19.3. The zero-order valence-electron chi connectivity index (χ0n) is 23.2. The summed E-state index contributed by atoms with van der Waals surface area (Å²) < 4.78 is 30.4. The maximum absolute atomic E-state index is 14.1. The van der Waals surface area contributed by atoms with Gasteiger partial charge in [0, 0.05) is 15.6 Å². The number of aromatic nitrogens is 1. The highest BCUT2D eigenvalue weighted by atomic mass is 79.9.